The molecule has 16 heavy (non-hydrogen) atoms. The topological polar surface area (TPSA) is 73.8 Å². The van der Waals surface area contributed by atoms with Crippen molar-refractivity contribution in [3.05, 3.63) is 40.4 Å². The number of fused-ring (bicyclic) bond motifs is 1. The van der Waals surface area contributed by atoms with Gasteiger partial charge in [0.15, 0.2) is 0 Å². The zero-order valence-electron chi connectivity index (χ0n) is 8.97. The summed E-state index contributed by atoms with van der Waals surface area (Å²) in [6, 6.07) is 5.87. The predicted molar refractivity (Wildman–Crippen MR) is 62.6 cm³/mol. The Bertz CT molecular complexity index is 540. The highest BCUT2D eigenvalue weighted by molar-refractivity contribution is 5.84. The maximum Gasteiger partial charge on any atom is 0.119 e. The molecule has 0 unspecified atom stereocenters. The molecule has 2 aromatic rings. The Morgan fingerprint density at radius 2 is 2.38 bits per heavy atom. The highest BCUT2D eigenvalue weighted by Gasteiger charge is 2.04. The average molecular weight is 216 g/mol. The first-order valence-corrected chi connectivity index (χ1v) is 5.00. The number of rotatable bonds is 4. The monoisotopic (exact) mass is 216 g/mol. The molecule has 0 fully saturated rings. The van der Waals surface area contributed by atoms with Crippen molar-refractivity contribution in [2.24, 2.45) is 5.11 Å². The second kappa shape index (κ2) is 4.59. The minimum atomic E-state index is 0.473. The number of aromatic nitrogens is 1. The molecule has 0 aliphatic carbocycles. The number of ether oxygens (including phenoxy) is 1. The minimum absolute atomic E-state index is 0.473. The fourth-order valence-electron chi connectivity index (χ4n) is 1.71. The third kappa shape index (κ3) is 1.94. The van der Waals surface area contributed by atoms with Gasteiger partial charge in [0.2, 0.25) is 0 Å². The molecule has 2 rings (SSSR count). The Hall–Kier alpha value is -2.13. The van der Waals surface area contributed by atoms with Crippen LogP contribution < -0.4 is 4.74 Å². The van der Waals surface area contributed by atoms with E-state index >= 15 is 0 Å². The quantitative estimate of drug-likeness (QED) is 0.476. The molecule has 82 valence electrons. The second-order valence-electron chi connectivity index (χ2n) is 3.43. The van der Waals surface area contributed by atoms with Gasteiger partial charge in [0.1, 0.15) is 5.75 Å². The predicted octanol–water partition coefficient (Wildman–Crippen LogP) is 3.03. The van der Waals surface area contributed by atoms with Crippen LogP contribution >= 0.6 is 0 Å². The second-order valence-corrected chi connectivity index (χ2v) is 3.43. The van der Waals surface area contributed by atoms with Crippen LogP contribution in [0.15, 0.2) is 29.5 Å². The molecule has 0 aliphatic heterocycles. The van der Waals surface area contributed by atoms with Crippen molar-refractivity contribution in [1.29, 1.82) is 0 Å². The van der Waals surface area contributed by atoms with Gasteiger partial charge in [0, 0.05) is 28.6 Å². The number of nitrogens with one attached hydrogen (secondary N) is 1. The van der Waals surface area contributed by atoms with E-state index < -0.39 is 0 Å². The Morgan fingerprint density at radius 1 is 1.50 bits per heavy atom. The molecule has 0 amide bonds. The zero-order chi connectivity index (χ0) is 11.4. The van der Waals surface area contributed by atoms with Gasteiger partial charge >= 0.3 is 0 Å². The summed E-state index contributed by atoms with van der Waals surface area (Å²) < 4.78 is 5.18. The highest BCUT2D eigenvalue weighted by atomic mass is 16.5. The molecule has 5 heteroatoms. The molecule has 0 spiro atoms. The van der Waals surface area contributed by atoms with E-state index in [2.05, 4.69) is 15.0 Å². The van der Waals surface area contributed by atoms with Crippen LogP contribution in [0.25, 0.3) is 21.3 Å². The first kappa shape index (κ1) is 10.4. The zero-order valence-corrected chi connectivity index (χ0v) is 8.97. The summed E-state index contributed by atoms with van der Waals surface area (Å²) in [5, 5.41) is 4.65. The molecule has 1 aromatic carbocycles. The van der Waals surface area contributed by atoms with Gasteiger partial charge in [-0.3, -0.25) is 0 Å². The van der Waals surface area contributed by atoms with Crippen LogP contribution in [-0.2, 0) is 6.42 Å². The van der Waals surface area contributed by atoms with E-state index in [0.29, 0.717) is 6.54 Å². The third-order valence-corrected chi connectivity index (χ3v) is 2.52. The van der Waals surface area contributed by atoms with Crippen LogP contribution in [0.3, 0.4) is 0 Å². The van der Waals surface area contributed by atoms with Crippen LogP contribution in [0.2, 0.25) is 0 Å². The van der Waals surface area contributed by atoms with E-state index in [1.165, 1.54) is 0 Å². The van der Waals surface area contributed by atoms with Crippen molar-refractivity contribution in [2.45, 2.75) is 6.42 Å². The molecular formula is C11H12N4O. The Kier molecular flexibility index (Phi) is 2.98. The van der Waals surface area contributed by atoms with Gasteiger partial charge < -0.3 is 9.72 Å². The first-order valence-electron chi connectivity index (χ1n) is 5.00. The lowest BCUT2D eigenvalue weighted by molar-refractivity contribution is 0.415. The van der Waals surface area contributed by atoms with E-state index in [-0.39, 0.29) is 0 Å². The number of hydrogen-bond acceptors (Lipinski definition) is 2. The molecule has 0 radical (unpaired) electrons. The van der Waals surface area contributed by atoms with Crippen LogP contribution in [0.1, 0.15) is 5.56 Å². The summed E-state index contributed by atoms with van der Waals surface area (Å²) in [7, 11) is 1.65. The summed E-state index contributed by atoms with van der Waals surface area (Å²) in [4.78, 5) is 5.92. The normalized spacial score (nSPS) is 10.1. The maximum absolute atomic E-state index is 8.22. The number of benzene rings is 1. The van der Waals surface area contributed by atoms with Crippen LogP contribution in [0.4, 0.5) is 0 Å². The number of methoxy groups -OCH3 is 1. The standard InChI is InChI=1S/C11H12N4O/c1-16-9-2-3-11-10(6-9)8(7-13-11)4-5-14-15-12/h2-3,6-7,13H,4-5H2,1H3. The summed E-state index contributed by atoms with van der Waals surface area (Å²) in [6.07, 6.45) is 2.67. The average Bonchev–Trinajstić information content (AvgIpc) is 2.72. The van der Waals surface area contributed by atoms with Crippen molar-refractivity contribution in [3.63, 3.8) is 0 Å². The van der Waals surface area contributed by atoms with Crippen LogP contribution in [0.5, 0.6) is 5.75 Å². The third-order valence-electron chi connectivity index (χ3n) is 2.52. The smallest absolute Gasteiger partial charge is 0.119 e. The largest absolute Gasteiger partial charge is 0.497 e. The van der Waals surface area contributed by atoms with Gasteiger partial charge in [-0.05, 0) is 35.7 Å². The summed E-state index contributed by atoms with van der Waals surface area (Å²) in [5.74, 6) is 0.831. The van der Waals surface area contributed by atoms with E-state index in [0.717, 1.165) is 28.6 Å². The van der Waals surface area contributed by atoms with Crippen LogP contribution in [0, 0.1) is 0 Å². The molecule has 0 saturated heterocycles. The summed E-state index contributed by atoms with van der Waals surface area (Å²) >= 11 is 0. The van der Waals surface area contributed by atoms with Crippen molar-refractivity contribution < 1.29 is 4.74 Å². The number of hydrogen-bond donors (Lipinski definition) is 1. The Morgan fingerprint density at radius 3 is 3.12 bits per heavy atom. The SMILES string of the molecule is COc1ccc2[nH]cc(CCN=[N+]=[N-])c2c1. The van der Waals surface area contributed by atoms with E-state index in [9.17, 15) is 0 Å². The molecule has 0 saturated carbocycles. The van der Waals surface area contributed by atoms with Gasteiger partial charge in [0.05, 0.1) is 7.11 Å². The molecule has 0 atom stereocenters. The van der Waals surface area contributed by atoms with E-state index in [1.807, 2.05) is 24.4 Å². The molecule has 0 aliphatic rings. The maximum atomic E-state index is 8.22. The van der Waals surface area contributed by atoms with Crippen LogP contribution in [-0.4, -0.2) is 18.6 Å². The fourth-order valence-corrected chi connectivity index (χ4v) is 1.71. The van der Waals surface area contributed by atoms with Crippen molar-refractivity contribution in [3.8, 4) is 5.75 Å². The van der Waals surface area contributed by atoms with Gasteiger partial charge in [-0.25, -0.2) is 0 Å². The minimum Gasteiger partial charge on any atom is -0.497 e. The van der Waals surface area contributed by atoms with Gasteiger partial charge in [-0.1, -0.05) is 5.11 Å². The van der Waals surface area contributed by atoms with E-state index in [1.54, 1.807) is 7.11 Å². The number of azide groups is 1. The molecule has 5 nitrogen and oxygen atoms in total. The molecule has 1 heterocycles. The first-order chi connectivity index (χ1) is 7.85. The number of aromatic amines is 1. The summed E-state index contributed by atoms with van der Waals surface area (Å²) in [6.45, 7) is 0.473. The van der Waals surface area contributed by atoms with Crippen molar-refractivity contribution in [1.82, 2.24) is 4.98 Å². The van der Waals surface area contributed by atoms with Gasteiger partial charge in [-0.2, -0.15) is 0 Å². The lowest BCUT2D eigenvalue weighted by atomic mass is 10.1. The Balaban J connectivity index is 2.33. The number of nitrogens with zero attached hydrogens (tertiary/aromatic N) is 3. The lowest BCUT2D eigenvalue weighted by Gasteiger charge is -2.00. The molecule has 1 aromatic heterocycles. The summed E-state index contributed by atoms with van der Waals surface area (Å²) in [5.41, 5.74) is 10.4. The lowest BCUT2D eigenvalue weighted by Crippen LogP contribution is -1.87. The number of H-pyrrole nitrogens is 1. The van der Waals surface area contributed by atoms with Crippen molar-refractivity contribution in [2.75, 3.05) is 13.7 Å². The molecule has 0 bridgehead atoms. The van der Waals surface area contributed by atoms with Gasteiger partial charge in [0.25, 0.3) is 0 Å². The molecule has 1 N–H and O–H groups in total. The van der Waals surface area contributed by atoms with E-state index in [4.69, 9.17) is 10.3 Å². The fraction of sp³-hybridized carbons (Fsp3) is 0.273. The van der Waals surface area contributed by atoms with Crippen molar-refractivity contribution >= 4 is 10.9 Å². The highest BCUT2D eigenvalue weighted by Crippen LogP contribution is 2.23. The molecular weight excluding hydrogens is 204 g/mol. The van der Waals surface area contributed by atoms with Gasteiger partial charge in [-0.15, -0.1) is 0 Å². The Labute approximate surface area is 92.7 Å².